The Morgan fingerprint density at radius 1 is 0.880 bits per heavy atom. The van der Waals surface area contributed by atoms with Crippen LogP contribution in [0.4, 0.5) is 0 Å². The van der Waals surface area contributed by atoms with Crippen LogP contribution in [0.15, 0.2) is 65.6 Å². The zero-order chi connectivity index (χ0) is 17.9. The maximum atomic E-state index is 12.4. The fourth-order valence-electron chi connectivity index (χ4n) is 2.57. The minimum Gasteiger partial charge on any atom is -0.492 e. The summed E-state index contributed by atoms with van der Waals surface area (Å²) < 4.78 is 33.0. The first-order valence-electron chi connectivity index (χ1n) is 8.14. The minimum absolute atomic E-state index is 0.210. The van der Waals surface area contributed by atoms with Gasteiger partial charge in [0.1, 0.15) is 12.4 Å². The molecule has 130 valence electrons. The molecule has 0 bridgehead atoms. The topological polar surface area (TPSA) is 55.4 Å². The zero-order valence-electron chi connectivity index (χ0n) is 14.3. The quantitative estimate of drug-likeness (QED) is 0.684. The van der Waals surface area contributed by atoms with Crippen molar-refractivity contribution >= 4 is 20.8 Å². The second-order valence-electron chi connectivity index (χ2n) is 6.00. The molecule has 3 aromatic carbocycles. The second-order valence-corrected chi connectivity index (χ2v) is 7.77. The van der Waals surface area contributed by atoms with Crippen LogP contribution in [-0.4, -0.2) is 21.6 Å². The van der Waals surface area contributed by atoms with Crippen molar-refractivity contribution in [3.8, 4) is 5.75 Å². The molecule has 0 amide bonds. The predicted molar refractivity (Wildman–Crippen MR) is 101 cm³/mol. The van der Waals surface area contributed by atoms with Gasteiger partial charge in [0.05, 0.1) is 4.90 Å². The van der Waals surface area contributed by atoms with Crippen LogP contribution in [0.1, 0.15) is 11.1 Å². The predicted octanol–water partition coefficient (Wildman–Crippen LogP) is 3.81. The number of hydrogen-bond acceptors (Lipinski definition) is 3. The molecule has 0 aromatic heterocycles. The van der Waals surface area contributed by atoms with E-state index in [-0.39, 0.29) is 18.0 Å². The highest BCUT2D eigenvalue weighted by molar-refractivity contribution is 7.89. The van der Waals surface area contributed by atoms with Crippen molar-refractivity contribution in [3.05, 3.63) is 71.8 Å². The molecule has 0 spiro atoms. The van der Waals surface area contributed by atoms with Gasteiger partial charge in [0.25, 0.3) is 0 Å². The van der Waals surface area contributed by atoms with Gasteiger partial charge in [-0.25, -0.2) is 13.1 Å². The van der Waals surface area contributed by atoms with Gasteiger partial charge in [-0.1, -0.05) is 36.4 Å². The van der Waals surface area contributed by atoms with Crippen LogP contribution in [0.5, 0.6) is 5.75 Å². The van der Waals surface area contributed by atoms with Crippen molar-refractivity contribution in [1.29, 1.82) is 0 Å². The van der Waals surface area contributed by atoms with E-state index in [1.165, 1.54) is 5.56 Å². The summed E-state index contributed by atoms with van der Waals surface area (Å²) in [6.07, 6.45) is 0. The first-order chi connectivity index (χ1) is 12.0. The van der Waals surface area contributed by atoms with E-state index < -0.39 is 10.0 Å². The average Bonchev–Trinajstić information content (AvgIpc) is 2.61. The van der Waals surface area contributed by atoms with E-state index in [9.17, 15) is 8.42 Å². The maximum Gasteiger partial charge on any atom is 0.240 e. The molecule has 0 aliphatic rings. The van der Waals surface area contributed by atoms with Crippen LogP contribution in [0, 0.1) is 13.8 Å². The first-order valence-corrected chi connectivity index (χ1v) is 9.62. The molecule has 0 saturated heterocycles. The number of ether oxygens (including phenoxy) is 1. The number of rotatable bonds is 6. The van der Waals surface area contributed by atoms with Crippen LogP contribution in [0.2, 0.25) is 0 Å². The Kier molecular flexibility index (Phi) is 5.06. The molecule has 0 aliphatic heterocycles. The van der Waals surface area contributed by atoms with Gasteiger partial charge in [0.2, 0.25) is 10.0 Å². The lowest BCUT2D eigenvalue weighted by Gasteiger charge is -2.10. The molecule has 0 fully saturated rings. The maximum absolute atomic E-state index is 12.4. The van der Waals surface area contributed by atoms with Gasteiger partial charge in [0.15, 0.2) is 0 Å². The van der Waals surface area contributed by atoms with Crippen LogP contribution in [0.3, 0.4) is 0 Å². The van der Waals surface area contributed by atoms with Gasteiger partial charge in [0, 0.05) is 6.54 Å². The molecule has 0 heterocycles. The van der Waals surface area contributed by atoms with Crippen LogP contribution < -0.4 is 9.46 Å². The Hall–Kier alpha value is -2.37. The molecule has 0 saturated carbocycles. The number of benzene rings is 3. The monoisotopic (exact) mass is 355 g/mol. The van der Waals surface area contributed by atoms with Gasteiger partial charge in [-0.05, 0) is 60.0 Å². The molecule has 0 atom stereocenters. The normalized spacial score (nSPS) is 11.6. The van der Waals surface area contributed by atoms with Gasteiger partial charge >= 0.3 is 0 Å². The standard InChI is InChI=1S/C20H21NO3S/c1-15-7-9-19(13-16(15)2)24-12-11-21-25(22,23)20-10-8-17-5-3-4-6-18(17)14-20/h3-10,13-14,21H,11-12H2,1-2H3. The molecular formula is C20H21NO3S. The third kappa shape index (κ3) is 4.18. The Morgan fingerprint density at radius 2 is 1.64 bits per heavy atom. The van der Waals surface area contributed by atoms with Crippen molar-refractivity contribution in [2.24, 2.45) is 0 Å². The van der Waals surface area contributed by atoms with Crippen molar-refractivity contribution in [2.45, 2.75) is 18.7 Å². The zero-order valence-corrected chi connectivity index (χ0v) is 15.1. The number of fused-ring (bicyclic) bond motifs is 1. The fourth-order valence-corrected chi connectivity index (χ4v) is 3.61. The lowest BCUT2D eigenvalue weighted by molar-refractivity contribution is 0.322. The third-order valence-electron chi connectivity index (χ3n) is 4.17. The van der Waals surface area contributed by atoms with Gasteiger partial charge in [-0.15, -0.1) is 0 Å². The Bertz CT molecular complexity index is 997. The molecule has 3 rings (SSSR count). The molecule has 0 aliphatic carbocycles. The summed E-state index contributed by atoms with van der Waals surface area (Å²) in [7, 11) is -3.55. The highest BCUT2D eigenvalue weighted by atomic mass is 32.2. The summed E-state index contributed by atoms with van der Waals surface area (Å²) in [6.45, 7) is 4.54. The van der Waals surface area contributed by atoms with E-state index >= 15 is 0 Å². The van der Waals surface area contributed by atoms with E-state index in [1.54, 1.807) is 12.1 Å². The van der Waals surface area contributed by atoms with Crippen LogP contribution in [-0.2, 0) is 10.0 Å². The summed E-state index contributed by atoms with van der Waals surface area (Å²) >= 11 is 0. The summed E-state index contributed by atoms with van der Waals surface area (Å²) in [5.74, 6) is 0.744. The van der Waals surface area contributed by atoms with E-state index in [2.05, 4.69) is 4.72 Å². The molecule has 4 nitrogen and oxygen atoms in total. The molecule has 5 heteroatoms. The molecule has 25 heavy (non-hydrogen) atoms. The van der Waals surface area contributed by atoms with E-state index in [0.29, 0.717) is 0 Å². The van der Waals surface area contributed by atoms with Crippen LogP contribution in [0.25, 0.3) is 10.8 Å². The Labute approximate surface area is 148 Å². The average molecular weight is 355 g/mol. The number of nitrogens with one attached hydrogen (secondary N) is 1. The highest BCUT2D eigenvalue weighted by Gasteiger charge is 2.13. The molecule has 0 radical (unpaired) electrons. The summed E-state index contributed by atoms with van der Waals surface area (Å²) in [5, 5.41) is 1.91. The van der Waals surface area contributed by atoms with Crippen molar-refractivity contribution in [1.82, 2.24) is 4.72 Å². The number of hydrogen-bond donors (Lipinski definition) is 1. The van der Waals surface area contributed by atoms with E-state index in [0.717, 1.165) is 22.1 Å². The van der Waals surface area contributed by atoms with Crippen molar-refractivity contribution in [3.63, 3.8) is 0 Å². The number of aryl methyl sites for hydroxylation is 2. The highest BCUT2D eigenvalue weighted by Crippen LogP contribution is 2.19. The second kappa shape index (κ2) is 7.25. The Balaban J connectivity index is 1.61. The van der Waals surface area contributed by atoms with Crippen molar-refractivity contribution in [2.75, 3.05) is 13.2 Å². The summed E-state index contributed by atoms with van der Waals surface area (Å²) in [6, 6.07) is 18.6. The largest absolute Gasteiger partial charge is 0.492 e. The Morgan fingerprint density at radius 3 is 2.40 bits per heavy atom. The van der Waals surface area contributed by atoms with Gasteiger partial charge in [-0.2, -0.15) is 0 Å². The van der Waals surface area contributed by atoms with E-state index in [4.69, 9.17) is 4.74 Å². The van der Waals surface area contributed by atoms with Crippen molar-refractivity contribution < 1.29 is 13.2 Å². The first kappa shape index (κ1) is 17.5. The molecule has 3 aromatic rings. The summed E-state index contributed by atoms with van der Waals surface area (Å²) in [5.41, 5.74) is 2.35. The summed E-state index contributed by atoms with van der Waals surface area (Å²) in [4.78, 5) is 0.261. The SMILES string of the molecule is Cc1ccc(OCCNS(=O)(=O)c2ccc3ccccc3c2)cc1C. The molecule has 0 unspecified atom stereocenters. The smallest absolute Gasteiger partial charge is 0.240 e. The van der Waals surface area contributed by atoms with Gasteiger partial charge < -0.3 is 4.74 Å². The lowest BCUT2D eigenvalue weighted by atomic mass is 10.1. The van der Waals surface area contributed by atoms with Gasteiger partial charge in [-0.3, -0.25) is 0 Å². The van der Waals surface area contributed by atoms with E-state index in [1.807, 2.05) is 62.4 Å². The minimum atomic E-state index is -3.55. The lowest BCUT2D eigenvalue weighted by Crippen LogP contribution is -2.28. The van der Waals surface area contributed by atoms with Crippen LogP contribution >= 0.6 is 0 Å². The third-order valence-corrected chi connectivity index (χ3v) is 5.63. The molecule has 1 N–H and O–H groups in total. The molecular weight excluding hydrogens is 334 g/mol. The fraction of sp³-hybridized carbons (Fsp3) is 0.200. The number of sulfonamides is 1.